The molecule has 0 radical (unpaired) electrons. The average molecular weight is 392 g/mol. The van der Waals surface area contributed by atoms with Crippen LogP contribution in [0, 0.1) is 0 Å². The monoisotopic (exact) mass is 391 g/mol. The van der Waals surface area contributed by atoms with Crippen molar-refractivity contribution in [3.63, 3.8) is 0 Å². The standard InChI is InChI=1S/C23H19ClN2S/c24-20-13-11-19(12-14-20)22-17-27-23(25-21-9-5-2-6-10-21)26(22)16-15-18-7-3-1-4-8-18/h1-14,17H,15-16H2/p+1. The van der Waals surface area contributed by atoms with Gasteiger partial charge in [0.05, 0.1) is 6.54 Å². The number of aromatic nitrogens is 1. The summed E-state index contributed by atoms with van der Waals surface area (Å²) in [6.45, 7) is 0.903. The maximum Gasteiger partial charge on any atom is 0.339 e. The van der Waals surface area contributed by atoms with E-state index in [-0.39, 0.29) is 0 Å². The molecule has 0 atom stereocenters. The molecule has 1 N–H and O–H groups in total. The highest BCUT2D eigenvalue weighted by molar-refractivity contribution is 7.13. The Labute approximate surface area is 168 Å². The van der Waals surface area contributed by atoms with Crippen molar-refractivity contribution >= 4 is 33.8 Å². The molecule has 2 nitrogen and oxygen atoms in total. The van der Waals surface area contributed by atoms with Crippen LogP contribution >= 0.6 is 22.9 Å². The Morgan fingerprint density at radius 2 is 1.48 bits per heavy atom. The molecule has 3 aromatic carbocycles. The summed E-state index contributed by atoms with van der Waals surface area (Å²) in [5, 5.41) is 7.66. The van der Waals surface area contributed by atoms with Gasteiger partial charge in [-0.25, -0.2) is 9.88 Å². The van der Waals surface area contributed by atoms with Crippen molar-refractivity contribution in [1.82, 2.24) is 0 Å². The van der Waals surface area contributed by atoms with Crippen LogP contribution in [0.3, 0.4) is 0 Å². The summed E-state index contributed by atoms with van der Waals surface area (Å²) >= 11 is 7.80. The molecule has 4 aromatic rings. The van der Waals surface area contributed by atoms with Crippen LogP contribution in [0.5, 0.6) is 0 Å². The Kier molecular flexibility index (Phi) is 5.52. The van der Waals surface area contributed by atoms with Crippen LogP contribution in [0.25, 0.3) is 11.3 Å². The third-order valence-electron chi connectivity index (χ3n) is 4.45. The molecular formula is C23H20ClN2S+. The third kappa shape index (κ3) is 4.38. The lowest BCUT2D eigenvalue weighted by atomic mass is 10.1. The normalized spacial score (nSPS) is 10.7. The van der Waals surface area contributed by atoms with Gasteiger partial charge < -0.3 is 0 Å². The summed E-state index contributed by atoms with van der Waals surface area (Å²) < 4.78 is 2.36. The molecule has 0 spiro atoms. The summed E-state index contributed by atoms with van der Waals surface area (Å²) in [5.41, 5.74) is 4.80. The van der Waals surface area contributed by atoms with E-state index < -0.39 is 0 Å². The molecule has 134 valence electrons. The fourth-order valence-corrected chi connectivity index (χ4v) is 4.15. The SMILES string of the molecule is Clc1ccc(-c2csc(Nc3ccccc3)[n+]2CCc2ccccc2)cc1. The fraction of sp³-hybridized carbons (Fsp3) is 0.0870. The van der Waals surface area contributed by atoms with Crippen LogP contribution in [0.2, 0.25) is 5.02 Å². The van der Waals surface area contributed by atoms with Crippen molar-refractivity contribution in [2.24, 2.45) is 0 Å². The highest BCUT2D eigenvalue weighted by Gasteiger charge is 2.19. The first-order valence-corrected chi connectivity index (χ1v) is 10.2. The number of hydrogen-bond acceptors (Lipinski definition) is 2. The van der Waals surface area contributed by atoms with Gasteiger partial charge in [0.25, 0.3) is 0 Å². The Morgan fingerprint density at radius 3 is 2.19 bits per heavy atom. The topological polar surface area (TPSA) is 15.9 Å². The maximum absolute atomic E-state index is 6.08. The first-order chi connectivity index (χ1) is 13.3. The Hall–Kier alpha value is -2.62. The average Bonchev–Trinajstić information content (AvgIpc) is 3.11. The smallest absolute Gasteiger partial charge is 0.231 e. The number of rotatable bonds is 6. The van der Waals surface area contributed by atoms with E-state index in [2.05, 4.69) is 69.9 Å². The Morgan fingerprint density at radius 1 is 0.815 bits per heavy atom. The zero-order chi connectivity index (χ0) is 18.5. The first kappa shape index (κ1) is 17.8. The van der Waals surface area contributed by atoms with Gasteiger partial charge in [0.1, 0.15) is 11.4 Å². The highest BCUT2D eigenvalue weighted by atomic mass is 35.5. The summed E-state index contributed by atoms with van der Waals surface area (Å²) in [4.78, 5) is 0. The molecular weight excluding hydrogens is 372 g/mol. The molecule has 0 aliphatic rings. The molecule has 0 unspecified atom stereocenters. The minimum absolute atomic E-state index is 0.757. The fourth-order valence-electron chi connectivity index (χ4n) is 3.04. The second-order valence-electron chi connectivity index (χ2n) is 6.31. The predicted octanol–water partition coefficient (Wildman–Crippen LogP) is 6.34. The van der Waals surface area contributed by atoms with Gasteiger partial charge in [0.2, 0.25) is 0 Å². The van der Waals surface area contributed by atoms with Crippen LogP contribution in [0.4, 0.5) is 10.8 Å². The van der Waals surface area contributed by atoms with E-state index in [0.29, 0.717) is 0 Å². The number of aryl methyl sites for hydroxylation is 1. The van der Waals surface area contributed by atoms with Crippen molar-refractivity contribution in [3.8, 4) is 11.3 Å². The molecule has 0 aliphatic heterocycles. The quantitative estimate of drug-likeness (QED) is 0.379. The zero-order valence-corrected chi connectivity index (χ0v) is 16.4. The number of thiazole rings is 1. The van der Waals surface area contributed by atoms with Gasteiger partial charge in [-0.2, -0.15) is 0 Å². The minimum atomic E-state index is 0.757. The molecule has 0 amide bonds. The van der Waals surface area contributed by atoms with Crippen LogP contribution in [-0.2, 0) is 13.0 Å². The molecule has 0 aliphatic carbocycles. The van der Waals surface area contributed by atoms with Gasteiger partial charge in [-0.3, -0.25) is 0 Å². The van der Waals surface area contributed by atoms with Crippen LogP contribution in [0.15, 0.2) is 90.3 Å². The first-order valence-electron chi connectivity index (χ1n) is 8.93. The molecule has 1 aromatic heterocycles. The number of benzene rings is 3. The van der Waals surface area contributed by atoms with Crippen molar-refractivity contribution in [2.45, 2.75) is 13.0 Å². The molecule has 1 heterocycles. The van der Waals surface area contributed by atoms with Crippen LogP contribution < -0.4 is 9.88 Å². The maximum atomic E-state index is 6.08. The summed E-state index contributed by atoms with van der Waals surface area (Å²) in [6, 6.07) is 28.9. The zero-order valence-electron chi connectivity index (χ0n) is 14.8. The second-order valence-corrected chi connectivity index (χ2v) is 7.61. The van der Waals surface area contributed by atoms with Gasteiger partial charge in [0.15, 0.2) is 0 Å². The van der Waals surface area contributed by atoms with E-state index in [1.165, 1.54) is 16.8 Å². The molecule has 0 saturated heterocycles. The Bertz CT molecular complexity index is 996. The van der Waals surface area contributed by atoms with Crippen molar-refractivity contribution in [3.05, 3.63) is 101 Å². The van der Waals surface area contributed by atoms with Gasteiger partial charge in [0, 0.05) is 22.4 Å². The van der Waals surface area contributed by atoms with E-state index >= 15 is 0 Å². The van der Waals surface area contributed by atoms with E-state index in [1.54, 1.807) is 11.3 Å². The summed E-state index contributed by atoms with van der Waals surface area (Å²) in [6.07, 6.45) is 0.978. The Balaban J connectivity index is 1.67. The number of halogens is 1. The van der Waals surface area contributed by atoms with Crippen molar-refractivity contribution < 1.29 is 4.57 Å². The summed E-state index contributed by atoms with van der Waals surface area (Å²) in [7, 11) is 0. The molecule has 0 fully saturated rings. The van der Waals surface area contributed by atoms with Crippen molar-refractivity contribution in [1.29, 1.82) is 0 Å². The number of nitrogens with zero attached hydrogens (tertiary/aromatic N) is 1. The van der Waals surface area contributed by atoms with E-state index in [9.17, 15) is 0 Å². The largest absolute Gasteiger partial charge is 0.339 e. The molecule has 4 rings (SSSR count). The van der Waals surface area contributed by atoms with Crippen LogP contribution in [0.1, 0.15) is 5.56 Å². The molecule has 4 heteroatoms. The van der Waals surface area contributed by atoms with Gasteiger partial charge in [-0.15, -0.1) is 0 Å². The number of anilines is 2. The lowest BCUT2D eigenvalue weighted by molar-refractivity contribution is -0.667. The molecule has 27 heavy (non-hydrogen) atoms. The minimum Gasteiger partial charge on any atom is -0.231 e. The van der Waals surface area contributed by atoms with Crippen LogP contribution in [-0.4, -0.2) is 0 Å². The van der Waals surface area contributed by atoms with Gasteiger partial charge in [-0.1, -0.05) is 71.5 Å². The summed E-state index contributed by atoms with van der Waals surface area (Å²) in [5.74, 6) is 0. The van der Waals surface area contributed by atoms with Gasteiger partial charge in [-0.05, 0) is 42.0 Å². The van der Waals surface area contributed by atoms with Crippen molar-refractivity contribution in [2.75, 3.05) is 5.32 Å². The van der Waals surface area contributed by atoms with Gasteiger partial charge >= 0.3 is 5.13 Å². The lowest BCUT2D eigenvalue weighted by Gasteiger charge is -2.07. The number of para-hydroxylation sites is 1. The highest BCUT2D eigenvalue weighted by Crippen LogP contribution is 2.26. The number of hydrogen-bond donors (Lipinski definition) is 1. The number of nitrogens with one attached hydrogen (secondary N) is 1. The molecule has 0 bridgehead atoms. The molecule has 0 saturated carbocycles. The van der Waals surface area contributed by atoms with E-state index in [1.807, 2.05) is 30.3 Å². The third-order valence-corrected chi connectivity index (χ3v) is 5.59. The predicted molar refractivity (Wildman–Crippen MR) is 115 cm³/mol. The second kappa shape index (κ2) is 8.38. The lowest BCUT2D eigenvalue weighted by Crippen LogP contribution is -2.37. The van der Waals surface area contributed by atoms with E-state index in [0.717, 1.165) is 28.8 Å². The van der Waals surface area contributed by atoms with E-state index in [4.69, 9.17) is 11.6 Å².